The molecular weight excluding hydrogens is 462 g/mol. The topological polar surface area (TPSA) is 88.6 Å². The number of rotatable bonds is 9. The maximum atomic E-state index is 12.6. The van der Waals surface area contributed by atoms with Crippen molar-refractivity contribution in [3.8, 4) is 10.6 Å². The quantitative estimate of drug-likeness (QED) is 0.439. The van der Waals surface area contributed by atoms with E-state index < -0.39 is 18.5 Å². The van der Waals surface area contributed by atoms with E-state index in [1.165, 1.54) is 16.2 Å². The van der Waals surface area contributed by atoms with Crippen molar-refractivity contribution in [3.05, 3.63) is 70.2 Å². The van der Waals surface area contributed by atoms with E-state index in [9.17, 15) is 14.4 Å². The van der Waals surface area contributed by atoms with Crippen LogP contribution in [0.4, 0.5) is 5.69 Å². The van der Waals surface area contributed by atoms with Gasteiger partial charge in [0.2, 0.25) is 5.91 Å². The monoisotopic (exact) mass is 485 g/mol. The van der Waals surface area contributed by atoms with Gasteiger partial charge >= 0.3 is 5.97 Å². The number of nitrogens with one attached hydrogen (secondary N) is 1. The third-order valence-electron chi connectivity index (χ3n) is 4.71. The van der Waals surface area contributed by atoms with Crippen LogP contribution in [-0.2, 0) is 14.3 Å². The molecule has 2 aromatic carbocycles. The van der Waals surface area contributed by atoms with Gasteiger partial charge in [-0.15, -0.1) is 11.3 Å². The molecule has 3 aromatic rings. The summed E-state index contributed by atoms with van der Waals surface area (Å²) in [5.41, 5.74) is 2.52. The van der Waals surface area contributed by atoms with Gasteiger partial charge < -0.3 is 15.0 Å². The van der Waals surface area contributed by atoms with Crippen LogP contribution in [0.3, 0.4) is 0 Å². The van der Waals surface area contributed by atoms with Gasteiger partial charge in [-0.1, -0.05) is 48.9 Å². The average molecular weight is 486 g/mol. The van der Waals surface area contributed by atoms with Crippen LogP contribution >= 0.6 is 22.9 Å². The Balaban J connectivity index is 1.56. The van der Waals surface area contributed by atoms with Crippen molar-refractivity contribution >= 4 is 46.4 Å². The fraction of sp³-hybridized carbons (Fsp3) is 0.250. The summed E-state index contributed by atoms with van der Waals surface area (Å²) in [5, 5.41) is 5.57. The number of halogens is 1. The standard InChI is InChI=1S/C24H24ClN3O4S/c1-3-11-28(13-21(29)26-19-10-5-4-7-16(19)2)22(30)14-32-24(31)20-15-33-23(27-20)17-8-6-9-18(25)12-17/h4-10,12,15H,3,11,13-14H2,1-2H3,(H,26,29). The second-order valence-electron chi connectivity index (χ2n) is 7.30. The highest BCUT2D eigenvalue weighted by Gasteiger charge is 2.20. The minimum absolute atomic E-state index is 0.113. The zero-order valence-electron chi connectivity index (χ0n) is 18.3. The number of benzene rings is 2. The molecule has 9 heteroatoms. The van der Waals surface area contributed by atoms with Crippen LogP contribution in [0.2, 0.25) is 5.02 Å². The smallest absolute Gasteiger partial charge is 0.358 e. The molecule has 0 spiro atoms. The van der Waals surface area contributed by atoms with E-state index in [0.717, 1.165) is 11.1 Å². The van der Waals surface area contributed by atoms with Crippen molar-refractivity contribution in [3.63, 3.8) is 0 Å². The van der Waals surface area contributed by atoms with Gasteiger partial charge in [0.1, 0.15) is 5.01 Å². The molecule has 0 atom stereocenters. The molecule has 7 nitrogen and oxygen atoms in total. The molecule has 0 unspecified atom stereocenters. The number of aryl methyl sites for hydroxylation is 1. The molecule has 0 saturated carbocycles. The molecule has 0 aliphatic heterocycles. The zero-order chi connectivity index (χ0) is 23.8. The van der Waals surface area contributed by atoms with Crippen LogP contribution in [0, 0.1) is 6.92 Å². The number of thiazole rings is 1. The van der Waals surface area contributed by atoms with Gasteiger partial charge in [0.25, 0.3) is 5.91 Å². The number of anilines is 1. The third-order valence-corrected chi connectivity index (χ3v) is 5.84. The summed E-state index contributed by atoms with van der Waals surface area (Å²) in [7, 11) is 0. The lowest BCUT2D eigenvalue weighted by molar-refractivity contribution is -0.137. The molecule has 0 fully saturated rings. The molecule has 1 aromatic heterocycles. The number of aromatic nitrogens is 1. The maximum absolute atomic E-state index is 12.6. The number of ether oxygens (including phenoxy) is 1. The van der Waals surface area contributed by atoms with Crippen LogP contribution in [0.15, 0.2) is 53.9 Å². The Labute approximate surface area is 201 Å². The Bertz CT molecular complexity index is 1150. The van der Waals surface area contributed by atoms with Crippen molar-refractivity contribution < 1.29 is 19.1 Å². The molecule has 172 valence electrons. The third kappa shape index (κ3) is 6.87. The number of hydrogen-bond donors (Lipinski definition) is 1. The SMILES string of the molecule is CCCN(CC(=O)Nc1ccccc1C)C(=O)COC(=O)c1csc(-c2cccc(Cl)c2)n1. The fourth-order valence-electron chi connectivity index (χ4n) is 3.05. The molecule has 33 heavy (non-hydrogen) atoms. The van der Waals surface area contributed by atoms with Crippen molar-refractivity contribution in [1.82, 2.24) is 9.88 Å². The maximum Gasteiger partial charge on any atom is 0.358 e. The lowest BCUT2D eigenvalue weighted by atomic mass is 10.2. The predicted octanol–water partition coefficient (Wildman–Crippen LogP) is 4.81. The van der Waals surface area contributed by atoms with Crippen LogP contribution in [0.1, 0.15) is 29.4 Å². The summed E-state index contributed by atoms with van der Waals surface area (Å²) in [6.07, 6.45) is 0.659. The Morgan fingerprint density at radius 3 is 2.67 bits per heavy atom. The van der Waals surface area contributed by atoms with Crippen molar-refractivity contribution in [2.24, 2.45) is 0 Å². The average Bonchev–Trinajstić information content (AvgIpc) is 3.29. The molecule has 0 saturated heterocycles. The van der Waals surface area contributed by atoms with Crippen LogP contribution < -0.4 is 5.32 Å². The summed E-state index contributed by atoms with van der Waals surface area (Å²) >= 11 is 7.29. The normalized spacial score (nSPS) is 10.5. The predicted molar refractivity (Wildman–Crippen MR) is 130 cm³/mol. The van der Waals surface area contributed by atoms with E-state index in [1.807, 2.05) is 38.1 Å². The first-order valence-corrected chi connectivity index (χ1v) is 11.6. The number of hydrogen-bond acceptors (Lipinski definition) is 6. The highest BCUT2D eigenvalue weighted by Crippen LogP contribution is 2.26. The van der Waals surface area contributed by atoms with E-state index in [0.29, 0.717) is 28.7 Å². The second-order valence-corrected chi connectivity index (χ2v) is 8.60. The van der Waals surface area contributed by atoms with E-state index in [1.54, 1.807) is 29.6 Å². The van der Waals surface area contributed by atoms with E-state index in [2.05, 4.69) is 10.3 Å². The van der Waals surface area contributed by atoms with Crippen molar-refractivity contribution in [1.29, 1.82) is 0 Å². The number of carbonyl (C=O) groups is 3. The summed E-state index contributed by atoms with van der Waals surface area (Å²) in [4.78, 5) is 43.1. The largest absolute Gasteiger partial charge is 0.451 e. The fourth-order valence-corrected chi connectivity index (χ4v) is 4.03. The molecule has 3 rings (SSSR count). The zero-order valence-corrected chi connectivity index (χ0v) is 19.9. The van der Waals surface area contributed by atoms with Gasteiger partial charge in [0.05, 0.1) is 6.54 Å². The highest BCUT2D eigenvalue weighted by molar-refractivity contribution is 7.13. The van der Waals surface area contributed by atoms with Gasteiger partial charge in [-0.2, -0.15) is 0 Å². The van der Waals surface area contributed by atoms with Crippen molar-refractivity contribution in [2.75, 3.05) is 25.0 Å². The van der Waals surface area contributed by atoms with Crippen LogP contribution in [0.5, 0.6) is 0 Å². The summed E-state index contributed by atoms with van der Waals surface area (Å²) in [6, 6.07) is 14.5. The minimum Gasteiger partial charge on any atom is -0.451 e. The summed E-state index contributed by atoms with van der Waals surface area (Å²) in [6.45, 7) is 3.56. The Morgan fingerprint density at radius 2 is 1.94 bits per heavy atom. The van der Waals surface area contributed by atoms with Crippen LogP contribution in [0.25, 0.3) is 10.6 Å². The molecule has 1 N–H and O–H groups in total. The van der Waals surface area contributed by atoms with E-state index >= 15 is 0 Å². The highest BCUT2D eigenvalue weighted by atomic mass is 35.5. The first kappa shape index (κ1) is 24.4. The molecule has 1 heterocycles. The van der Waals surface area contributed by atoms with Crippen molar-refractivity contribution in [2.45, 2.75) is 20.3 Å². The molecule has 2 amide bonds. The van der Waals surface area contributed by atoms with Gasteiger partial charge in [0, 0.05) is 28.2 Å². The molecule has 0 radical (unpaired) electrons. The first-order chi connectivity index (χ1) is 15.9. The lowest BCUT2D eigenvalue weighted by Crippen LogP contribution is -2.40. The summed E-state index contributed by atoms with van der Waals surface area (Å²) in [5.74, 6) is -1.47. The number of esters is 1. The number of nitrogens with zero attached hydrogens (tertiary/aromatic N) is 2. The number of para-hydroxylation sites is 1. The Morgan fingerprint density at radius 1 is 1.15 bits per heavy atom. The molecular formula is C24H24ClN3O4S. The summed E-state index contributed by atoms with van der Waals surface area (Å²) < 4.78 is 5.17. The van der Waals surface area contributed by atoms with Crippen LogP contribution in [-0.4, -0.2) is 47.4 Å². The van der Waals surface area contributed by atoms with Gasteiger partial charge in [-0.05, 0) is 37.1 Å². The van der Waals surface area contributed by atoms with E-state index in [4.69, 9.17) is 16.3 Å². The molecule has 0 aliphatic rings. The van der Waals surface area contributed by atoms with Gasteiger partial charge in [0.15, 0.2) is 12.3 Å². The molecule has 0 bridgehead atoms. The van der Waals surface area contributed by atoms with Gasteiger partial charge in [-0.25, -0.2) is 9.78 Å². The Hall–Kier alpha value is -3.23. The minimum atomic E-state index is -0.700. The lowest BCUT2D eigenvalue weighted by Gasteiger charge is -2.21. The number of amides is 2. The number of carbonyl (C=O) groups excluding carboxylic acids is 3. The van der Waals surface area contributed by atoms with E-state index in [-0.39, 0.29) is 18.1 Å². The first-order valence-electron chi connectivity index (χ1n) is 10.4. The Kier molecular flexibility index (Phi) is 8.57. The second kappa shape index (κ2) is 11.6. The van der Waals surface area contributed by atoms with Gasteiger partial charge in [-0.3, -0.25) is 9.59 Å². The molecule has 0 aliphatic carbocycles.